The predicted octanol–water partition coefficient (Wildman–Crippen LogP) is 1.31. The molecule has 0 aromatic carbocycles. The number of ether oxygens (including phenoxy) is 1. The summed E-state index contributed by atoms with van der Waals surface area (Å²) in [6, 6.07) is 0.680. The molecule has 0 aliphatic heterocycles. The maximum atomic E-state index is 4.20. The fraction of sp³-hybridized carbons (Fsp3) is 1.00. The van der Waals surface area contributed by atoms with Crippen molar-refractivity contribution in [3.8, 4) is 0 Å². The van der Waals surface area contributed by atoms with E-state index in [0.29, 0.717) is 12.1 Å². The van der Waals surface area contributed by atoms with Gasteiger partial charge in [0.1, 0.15) is 7.11 Å². The van der Waals surface area contributed by atoms with Crippen LogP contribution in [0.2, 0.25) is 0 Å². The Hall–Kier alpha value is -0.0800. The third-order valence-electron chi connectivity index (χ3n) is 2.27. The van der Waals surface area contributed by atoms with Crippen molar-refractivity contribution in [3.05, 3.63) is 0 Å². The highest BCUT2D eigenvalue weighted by atomic mass is 16.5. The molecule has 0 aromatic rings. The van der Waals surface area contributed by atoms with E-state index in [0.717, 1.165) is 0 Å². The Bertz CT molecular complexity index is 81.6. The van der Waals surface area contributed by atoms with Crippen molar-refractivity contribution in [2.45, 2.75) is 45.3 Å². The third kappa shape index (κ3) is 5.22. The summed E-state index contributed by atoms with van der Waals surface area (Å²) in [5.41, 5.74) is 0. The molecule has 0 saturated heterocycles. The van der Waals surface area contributed by atoms with Crippen molar-refractivity contribution < 1.29 is 4.74 Å². The van der Waals surface area contributed by atoms with Crippen LogP contribution in [0.3, 0.4) is 0 Å². The Morgan fingerprint density at radius 1 is 1.36 bits per heavy atom. The first-order valence-corrected chi connectivity index (χ1v) is 4.50. The first-order chi connectivity index (χ1) is 5.24. The summed E-state index contributed by atoms with van der Waals surface area (Å²) >= 11 is 0. The summed E-state index contributed by atoms with van der Waals surface area (Å²) in [5, 5.41) is 3.29. The first kappa shape index (κ1) is 10.9. The van der Waals surface area contributed by atoms with Crippen LogP contribution in [-0.4, -0.2) is 31.0 Å². The van der Waals surface area contributed by atoms with Crippen molar-refractivity contribution in [1.29, 1.82) is 0 Å². The largest absolute Gasteiger partial charge is 0.434 e. The summed E-state index contributed by atoms with van der Waals surface area (Å²) in [6.07, 6.45) is 4.19. The van der Waals surface area contributed by atoms with Gasteiger partial charge in [-0.3, -0.25) is 0 Å². The lowest BCUT2D eigenvalue weighted by molar-refractivity contribution is -0.0551. The predicted molar refractivity (Wildman–Crippen MR) is 50.0 cm³/mol. The Morgan fingerprint density at radius 2 is 2.00 bits per heavy atom. The molecule has 0 aliphatic carbocycles. The molecule has 0 fully saturated rings. The van der Waals surface area contributed by atoms with Gasteiger partial charge in [-0.25, -0.2) is 0 Å². The number of hydrogen-bond donors (Lipinski definition) is 1. The first-order valence-electron chi connectivity index (χ1n) is 4.50. The van der Waals surface area contributed by atoms with Crippen molar-refractivity contribution in [3.63, 3.8) is 0 Å². The molecule has 2 N–H and O–H groups in total. The van der Waals surface area contributed by atoms with Crippen LogP contribution in [0.1, 0.15) is 33.1 Å². The molecule has 0 heterocycles. The fourth-order valence-corrected chi connectivity index (χ4v) is 1.12. The smallest absolute Gasteiger partial charge is 0.151 e. The van der Waals surface area contributed by atoms with Gasteiger partial charge in [0.2, 0.25) is 0 Å². The molecular weight excluding hydrogens is 138 g/mol. The van der Waals surface area contributed by atoms with Crippen LogP contribution >= 0.6 is 0 Å². The molecule has 0 radical (unpaired) electrons. The molecule has 0 amide bonds. The lowest BCUT2D eigenvalue weighted by atomic mass is 10.1. The Balaban J connectivity index is 3.34. The van der Waals surface area contributed by atoms with E-state index in [1.54, 1.807) is 0 Å². The van der Waals surface area contributed by atoms with Gasteiger partial charge in [0.05, 0.1) is 0 Å². The molecule has 0 bridgehead atoms. The highest BCUT2D eigenvalue weighted by molar-refractivity contribution is 4.63. The van der Waals surface area contributed by atoms with Gasteiger partial charge in [-0.1, -0.05) is 6.92 Å². The van der Waals surface area contributed by atoms with Crippen molar-refractivity contribution >= 4 is 0 Å². The summed E-state index contributed by atoms with van der Waals surface area (Å²) in [5.74, 6) is 0. The van der Waals surface area contributed by atoms with Gasteiger partial charge in [-0.05, 0) is 19.9 Å². The van der Waals surface area contributed by atoms with Crippen LogP contribution in [0.4, 0.5) is 0 Å². The second kappa shape index (κ2) is 6.62. The van der Waals surface area contributed by atoms with Crippen LogP contribution in [0.15, 0.2) is 0 Å². The zero-order valence-electron chi connectivity index (χ0n) is 8.22. The second-order valence-corrected chi connectivity index (χ2v) is 3.08. The molecule has 0 saturated carbocycles. The van der Waals surface area contributed by atoms with Crippen LogP contribution in [-0.2, 0) is 0 Å². The van der Waals surface area contributed by atoms with Gasteiger partial charge in [-0.15, -0.1) is 0 Å². The molecule has 2 nitrogen and oxygen atoms in total. The van der Waals surface area contributed by atoms with E-state index in [1.807, 2.05) is 14.2 Å². The SMILES string of the molecule is CC[C@H](CCC(C)[OH+]C)NC. The molecule has 2 atom stereocenters. The van der Waals surface area contributed by atoms with Gasteiger partial charge in [-0.2, -0.15) is 0 Å². The third-order valence-corrected chi connectivity index (χ3v) is 2.27. The van der Waals surface area contributed by atoms with E-state index in [9.17, 15) is 0 Å². The molecule has 11 heavy (non-hydrogen) atoms. The van der Waals surface area contributed by atoms with Crippen molar-refractivity contribution in [2.24, 2.45) is 0 Å². The van der Waals surface area contributed by atoms with Crippen molar-refractivity contribution in [1.82, 2.24) is 5.32 Å². The summed E-state index contributed by atoms with van der Waals surface area (Å²) in [6.45, 7) is 4.39. The Morgan fingerprint density at radius 3 is 2.36 bits per heavy atom. The molecule has 68 valence electrons. The zero-order chi connectivity index (χ0) is 8.69. The van der Waals surface area contributed by atoms with Crippen LogP contribution in [0, 0.1) is 0 Å². The van der Waals surface area contributed by atoms with Gasteiger partial charge >= 0.3 is 0 Å². The summed E-state index contributed by atoms with van der Waals surface area (Å²) < 4.78 is 4.20. The maximum Gasteiger partial charge on any atom is 0.151 e. The molecule has 1 unspecified atom stereocenters. The topological polar surface area (TPSA) is 24.8 Å². The summed E-state index contributed by atoms with van der Waals surface area (Å²) in [4.78, 5) is 0. The number of rotatable bonds is 6. The van der Waals surface area contributed by atoms with E-state index >= 15 is 0 Å². The van der Waals surface area contributed by atoms with Gasteiger partial charge in [0, 0.05) is 19.4 Å². The highest BCUT2D eigenvalue weighted by Crippen LogP contribution is 2.04. The monoisotopic (exact) mass is 160 g/mol. The number of aliphatic hydroxyl groups is 2. The summed E-state index contributed by atoms with van der Waals surface area (Å²) in [7, 11) is 3.92. The molecule has 0 aliphatic rings. The molecule has 0 rings (SSSR count). The van der Waals surface area contributed by atoms with Crippen LogP contribution in [0.25, 0.3) is 0 Å². The zero-order valence-corrected chi connectivity index (χ0v) is 8.22. The van der Waals surface area contributed by atoms with Gasteiger partial charge < -0.3 is 10.1 Å². The van der Waals surface area contributed by atoms with E-state index in [2.05, 4.69) is 23.9 Å². The molecule has 0 aromatic heterocycles. The lowest BCUT2D eigenvalue weighted by Crippen LogP contribution is -2.25. The highest BCUT2D eigenvalue weighted by Gasteiger charge is 2.08. The molecular formula is C9H22NO+. The minimum Gasteiger partial charge on any atom is -0.434 e. The van der Waals surface area contributed by atoms with Gasteiger partial charge in [0.25, 0.3) is 0 Å². The van der Waals surface area contributed by atoms with Crippen LogP contribution in [0.5, 0.6) is 0 Å². The Kier molecular flexibility index (Phi) is 6.57. The van der Waals surface area contributed by atoms with E-state index in [-0.39, 0.29) is 0 Å². The minimum absolute atomic E-state index is 0.525. The average Bonchev–Trinajstić information content (AvgIpc) is 2.06. The Labute approximate surface area is 70.3 Å². The lowest BCUT2D eigenvalue weighted by Gasteiger charge is -2.14. The number of hydrogen-bond acceptors (Lipinski definition) is 1. The van der Waals surface area contributed by atoms with Crippen LogP contribution < -0.4 is 5.32 Å². The standard InChI is InChI=1S/C9H21NO/c1-5-9(10-3)7-6-8(2)11-4/h8-10H,5-7H2,1-4H3/p+1/t8?,9-/m1/s1. The van der Waals surface area contributed by atoms with E-state index in [4.69, 9.17) is 0 Å². The second-order valence-electron chi connectivity index (χ2n) is 3.08. The maximum absolute atomic E-state index is 4.20. The van der Waals surface area contributed by atoms with E-state index < -0.39 is 0 Å². The number of nitrogens with one attached hydrogen (secondary N) is 1. The van der Waals surface area contributed by atoms with Crippen molar-refractivity contribution in [2.75, 3.05) is 14.2 Å². The van der Waals surface area contributed by atoms with E-state index in [1.165, 1.54) is 19.3 Å². The minimum atomic E-state index is 0.525. The fourth-order valence-electron chi connectivity index (χ4n) is 1.12. The quantitative estimate of drug-likeness (QED) is 0.582. The van der Waals surface area contributed by atoms with Gasteiger partial charge in [0.15, 0.2) is 6.10 Å². The normalized spacial score (nSPS) is 16.4. The molecule has 2 heteroatoms. The molecule has 0 spiro atoms. The average molecular weight is 160 g/mol.